The van der Waals surface area contributed by atoms with Gasteiger partial charge >= 0.3 is 5.97 Å². The molecule has 0 atom stereocenters. The number of carboxylic acid groups (broad SMARTS) is 1. The fourth-order valence-corrected chi connectivity index (χ4v) is 3.85. The molecular formula is C13H17NO3S2. The second-order valence-corrected chi connectivity index (χ2v) is 7.14. The molecule has 1 aromatic heterocycles. The van der Waals surface area contributed by atoms with Crippen LogP contribution in [-0.2, 0) is 9.59 Å². The molecular weight excluding hydrogens is 282 g/mol. The third kappa shape index (κ3) is 4.24. The molecule has 0 unspecified atom stereocenters. The Balaban J connectivity index is 1.72. The van der Waals surface area contributed by atoms with Crippen molar-refractivity contribution in [3.63, 3.8) is 0 Å². The third-order valence-electron chi connectivity index (χ3n) is 3.44. The maximum absolute atomic E-state index is 11.7. The summed E-state index contributed by atoms with van der Waals surface area (Å²) in [6.45, 7) is 0.489. The highest BCUT2D eigenvalue weighted by Crippen LogP contribution is 2.43. The molecule has 0 aromatic carbocycles. The van der Waals surface area contributed by atoms with Crippen LogP contribution in [0.1, 0.15) is 25.7 Å². The Bertz CT molecular complexity index is 441. The van der Waals surface area contributed by atoms with Gasteiger partial charge < -0.3 is 10.4 Å². The lowest BCUT2D eigenvalue weighted by Gasteiger charge is -2.40. The number of aliphatic carboxylic acids is 1. The largest absolute Gasteiger partial charge is 0.481 e. The Kier molecular flexibility index (Phi) is 4.87. The van der Waals surface area contributed by atoms with Gasteiger partial charge in [-0.25, -0.2) is 0 Å². The topological polar surface area (TPSA) is 66.4 Å². The summed E-state index contributed by atoms with van der Waals surface area (Å²) < 4.78 is 1.12. The first-order valence-electron chi connectivity index (χ1n) is 6.24. The number of carbonyl (C=O) groups is 2. The summed E-state index contributed by atoms with van der Waals surface area (Å²) in [5, 5.41) is 13.7. The first kappa shape index (κ1) is 14.4. The van der Waals surface area contributed by atoms with Gasteiger partial charge in [-0.1, -0.05) is 12.5 Å². The molecule has 104 valence electrons. The summed E-state index contributed by atoms with van der Waals surface area (Å²) >= 11 is 3.13. The van der Waals surface area contributed by atoms with E-state index >= 15 is 0 Å². The van der Waals surface area contributed by atoms with Crippen molar-refractivity contribution in [1.29, 1.82) is 0 Å². The smallest absolute Gasteiger partial charge is 0.303 e. The molecule has 0 radical (unpaired) electrons. The fourth-order valence-electron chi connectivity index (χ4n) is 2.23. The minimum atomic E-state index is -0.776. The second-order valence-electron chi connectivity index (χ2n) is 4.92. The predicted molar refractivity (Wildman–Crippen MR) is 76.6 cm³/mol. The van der Waals surface area contributed by atoms with Crippen LogP contribution in [0.5, 0.6) is 0 Å². The predicted octanol–water partition coefficient (Wildman–Crippen LogP) is 2.60. The summed E-state index contributed by atoms with van der Waals surface area (Å²) in [6.07, 6.45) is 3.02. The average Bonchev–Trinajstić information content (AvgIpc) is 2.82. The summed E-state index contributed by atoms with van der Waals surface area (Å²) in [4.78, 5) is 22.6. The van der Waals surface area contributed by atoms with E-state index < -0.39 is 5.97 Å². The molecule has 1 aromatic rings. The number of thiophene rings is 1. The lowest BCUT2D eigenvalue weighted by molar-refractivity contribution is -0.141. The van der Waals surface area contributed by atoms with Gasteiger partial charge in [-0.05, 0) is 29.7 Å². The zero-order chi connectivity index (χ0) is 13.7. The Morgan fingerprint density at radius 2 is 2.26 bits per heavy atom. The van der Waals surface area contributed by atoms with Crippen LogP contribution in [0.4, 0.5) is 0 Å². The first-order chi connectivity index (χ1) is 9.10. The van der Waals surface area contributed by atoms with Gasteiger partial charge in [-0.3, -0.25) is 9.59 Å². The van der Waals surface area contributed by atoms with E-state index in [0.717, 1.165) is 23.5 Å². The van der Waals surface area contributed by atoms with E-state index in [1.807, 2.05) is 17.5 Å². The van der Waals surface area contributed by atoms with Gasteiger partial charge in [-0.15, -0.1) is 23.1 Å². The van der Waals surface area contributed by atoms with Crippen molar-refractivity contribution in [2.75, 3.05) is 12.3 Å². The zero-order valence-corrected chi connectivity index (χ0v) is 12.2. The molecule has 1 fully saturated rings. The molecule has 0 saturated heterocycles. The number of hydrogen-bond donors (Lipinski definition) is 2. The Morgan fingerprint density at radius 3 is 2.79 bits per heavy atom. The second kappa shape index (κ2) is 6.43. The van der Waals surface area contributed by atoms with E-state index in [1.54, 1.807) is 11.3 Å². The summed E-state index contributed by atoms with van der Waals surface area (Å²) in [6, 6.07) is 3.95. The first-order valence-corrected chi connectivity index (χ1v) is 8.11. The molecule has 1 aliphatic rings. The van der Waals surface area contributed by atoms with Gasteiger partial charge in [0.25, 0.3) is 0 Å². The maximum Gasteiger partial charge on any atom is 0.303 e. The van der Waals surface area contributed by atoms with Gasteiger partial charge in [0.2, 0.25) is 5.91 Å². The maximum atomic E-state index is 11.7. The Labute approximate surface area is 120 Å². The minimum absolute atomic E-state index is 0.0185. The number of carbonyl (C=O) groups excluding carboxylic acids is 1. The van der Waals surface area contributed by atoms with Crippen LogP contribution < -0.4 is 5.32 Å². The van der Waals surface area contributed by atoms with Gasteiger partial charge in [0.05, 0.1) is 16.4 Å². The quantitative estimate of drug-likeness (QED) is 0.760. The molecule has 1 aliphatic carbocycles. The van der Waals surface area contributed by atoms with E-state index in [-0.39, 0.29) is 17.7 Å². The third-order valence-corrected chi connectivity index (χ3v) is 5.57. The minimum Gasteiger partial charge on any atom is -0.481 e. The molecule has 6 heteroatoms. The summed E-state index contributed by atoms with van der Waals surface area (Å²) in [5.41, 5.74) is -0.199. The molecule has 0 aliphatic heterocycles. The van der Waals surface area contributed by atoms with Crippen LogP contribution in [-0.4, -0.2) is 29.3 Å². The van der Waals surface area contributed by atoms with E-state index in [9.17, 15) is 9.59 Å². The molecule has 19 heavy (non-hydrogen) atoms. The van der Waals surface area contributed by atoms with Crippen LogP contribution >= 0.6 is 23.1 Å². The van der Waals surface area contributed by atoms with Crippen molar-refractivity contribution >= 4 is 35.0 Å². The van der Waals surface area contributed by atoms with Crippen molar-refractivity contribution in [3.05, 3.63) is 17.5 Å². The summed E-state index contributed by atoms with van der Waals surface area (Å²) in [7, 11) is 0. The lowest BCUT2D eigenvalue weighted by atomic mass is 9.66. The van der Waals surface area contributed by atoms with Crippen molar-refractivity contribution in [1.82, 2.24) is 5.32 Å². The highest BCUT2D eigenvalue weighted by molar-refractivity contribution is 8.01. The number of amides is 1. The SMILES string of the molecule is O=C(O)CC1(CNC(=O)CSc2cccs2)CCC1. The highest BCUT2D eigenvalue weighted by atomic mass is 32.2. The van der Waals surface area contributed by atoms with Crippen LogP contribution in [0.15, 0.2) is 21.7 Å². The van der Waals surface area contributed by atoms with Crippen molar-refractivity contribution in [2.24, 2.45) is 5.41 Å². The Morgan fingerprint density at radius 1 is 1.47 bits per heavy atom. The van der Waals surface area contributed by atoms with Gasteiger partial charge in [0.1, 0.15) is 0 Å². The molecule has 2 rings (SSSR count). The zero-order valence-electron chi connectivity index (χ0n) is 10.6. The lowest BCUT2D eigenvalue weighted by Crippen LogP contribution is -2.44. The van der Waals surface area contributed by atoms with Crippen molar-refractivity contribution in [2.45, 2.75) is 29.9 Å². The molecule has 4 nitrogen and oxygen atoms in total. The number of carboxylic acids is 1. The average molecular weight is 299 g/mol. The van der Waals surface area contributed by atoms with E-state index in [1.165, 1.54) is 11.8 Å². The Hall–Kier alpha value is -1.01. The molecule has 0 bridgehead atoms. The number of nitrogens with one attached hydrogen (secondary N) is 1. The number of hydrogen-bond acceptors (Lipinski definition) is 4. The monoisotopic (exact) mass is 299 g/mol. The van der Waals surface area contributed by atoms with E-state index in [4.69, 9.17) is 5.11 Å². The molecule has 2 N–H and O–H groups in total. The standard InChI is InChI=1S/C13H17NO3S2/c15-10(8-19-12-3-1-6-18-12)14-9-13(4-2-5-13)7-11(16)17/h1,3,6H,2,4-5,7-9H2,(H,14,15)(H,16,17). The highest BCUT2D eigenvalue weighted by Gasteiger charge is 2.39. The van der Waals surface area contributed by atoms with Crippen molar-refractivity contribution in [3.8, 4) is 0 Å². The van der Waals surface area contributed by atoms with Crippen LogP contribution in [0, 0.1) is 5.41 Å². The van der Waals surface area contributed by atoms with Gasteiger partial charge in [0.15, 0.2) is 0 Å². The fraction of sp³-hybridized carbons (Fsp3) is 0.538. The number of rotatable bonds is 7. The van der Waals surface area contributed by atoms with E-state index in [0.29, 0.717) is 12.3 Å². The molecule has 1 heterocycles. The van der Waals surface area contributed by atoms with E-state index in [2.05, 4.69) is 5.32 Å². The van der Waals surface area contributed by atoms with Crippen LogP contribution in [0.3, 0.4) is 0 Å². The summed E-state index contributed by atoms with van der Waals surface area (Å²) in [5.74, 6) is -0.402. The number of thioether (sulfide) groups is 1. The van der Waals surface area contributed by atoms with Crippen LogP contribution in [0.25, 0.3) is 0 Å². The molecule has 1 amide bonds. The van der Waals surface area contributed by atoms with Crippen molar-refractivity contribution < 1.29 is 14.7 Å². The van der Waals surface area contributed by atoms with Gasteiger partial charge in [-0.2, -0.15) is 0 Å². The normalized spacial score (nSPS) is 16.6. The molecule has 1 saturated carbocycles. The molecule has 0 spiro atoms. The van der Waals surface area contributed by atoms with Crippen LogP contribution in [0.2, 0.25) is 0 Å². The van der Waals surface area contributed by atoms with Gasteiger partial charge in [0, 0.05) is 6.54 Å².